The van der Waals surface area contributed by atoms with Crippen LogP contribution in [0.15, 0.2) is 101 Å². The number of hydrogen-bond donors (Lipinski definition) is 2. The molecule has 0 saturated carbocycles. The fourth-order valence-corrected chi connectivity index (χ4v) is 4.01. The molecule has 4 aromatic carbocycles. The predicted octanol–water partition coefficient (Wildman–Crippen LogP) is 6.30. The summed E-state index contributed by atoms with van der Waals surface area (Å²) < 4.78 is 6.33. The second-order valence-corrected chi connectivity index (χ2v) is 9.43. The fraction of sp³-hybridized carbons (Fsp3) is 0.0667. The van der Waals surface area contributed by atoms with E-state index in [1.165, 1.54) is 6.21 Å². The van der Waals surface area contributed by atoms with E-state index in [4.69, 9.17) is 4.74 Å². The lowest BCUT2D eigenvalue weighted by atomic mass is 10.1. The Morgan fingerprint density at radius 3 is 2.21 bits per heavy atom. The molecule has 190 valence electrons. The van der Waals surface area contributed by atoms with Gasteiger partial charge in [-0.15, -0.1) is 0 Å². The highest BCUT2D eigenvalue weighted by atomic mass is 79.9. The van der Waals surface area contributed by atoms with E-state index >= 15 is 0 Å². The second-order valence-electron chi connectivity index (χ2n) is 8.51. The van der Waals surface area contributed by atoms with Gasteiger partial charge in [-0.25, -0.2) is 10.2 Å². The molecule has 0 heterocycles. The summed E-state index contributed by atoms with van der Waals surface area (Å²) in [7, 11) is 0. The van der Waals surface area contributed by atoms with E-state index in [0.29, 0.717) is 22.4 Å². The smallest absolute Gasteiger partial charge is 0.343 e. The Bertz CT molecular complexity index is 1550. The Labute approximate surface area is 228 Å². The van der Waals surface area contributed by atoms with Crippen LogP contribution in [0.3, 0.4) is 0 Å². The van der Waals surface area contributed by atoms with Gasteiger partial charge in [-0.05, 0) is 68.4 Å². The number of esters is 1. The number of hydrogen-bond acceptors (Lipinski definition) is 5. The number of ether oxygens (including phenoxy) is 1. The molecule has 0 unspecified atom stereocenters. The van der Waals surface area contributed by atoms with Crippen molar-refractivity contribution in [2.75, 3.05) is 5.32 Å². The largest absolute Gasteiger partial charge is 0.422 e. The van der Waals surface area contributed by atoms with Crippen molar-refractivity contribution >= 4 is 45.6 Å². The van der Waals surface area contributed by atoms with Crippen LogP contribution in [-0.2, 0) is 0 Å². The molecule has 0 bridgehead atoms. The van der Waals surface area contributed by atoms with Gasteiger partial charge < -0.3 is 10.1 Å². The highest BCUT2D eigenvalue weighted by molar-refractivity contribution is 9.10. The van der Waals surface area contributed by atoms with Crippen molar-refractivity contribution < 1.29 is 19.1 Å². The van der Waals surface area contributed by atoms with Gasteiger partial charge in [0.15, 0.2) is 0 Å². The molecule has 8 heteroatoms. The van der Waals surface area contributed by atoms with E-state index in [1.54, 1.807) is 78.9 Å². The highest BCUT2D eigenvalue weighted by Crippen LogP contribution is 2.23. The first-order valence-corrected chi connectivity index (χ1v) is 12.5. The second kappa shape index (κ2) is 12.1. The summed E-state index contributed by atoms with van der Waals surface area (Å²) in [6.45, 7) is 3.79. The Kier molecular flexibility index (Phi) is 8.45. The third-order valence-electron chi connectivity index (χ3n) is 5.50. The van der Waals surface area contributed by atoms with Gasteiger partial charge in [0, 0.05) is 15.6 Å². The molecule has 0 atom stereocenters. The van der Waals surface area contributed by atoms with Crippen molar-refractivity contribution in [1.29, 1.82) is 0 Å². The average Bonchev–Trinajstić information content (AvgIpc) is 2.90. The van der Waals surface area contributed by atoms with Crippen molar-refractivity contribution in [3.63, 3.8) is 0 Å². The van der Waals surface area contributed by atoms with Crippen LogP contribution < -0.4 is 15.5 Å². The molecule has 0 spiro atoms. The third-order valence-corrected chi connectivity index (χ3v) is 5.99. The minimum atomic E-state index is -0.519. The Morgan fingerprint density at radius 1 is 0.789 bits per heavy atom. The van der Waals surface area contributed by atoms with Gasteiger partial charge in [0.1, 0.15) is 5.75 Å². The number of nitrogens with zero attached hydrogens (tertiary/aromatic N) is 1. The van der Waals surface area contributed by atoms with Crippen LogP contribution in [0.4, 0.5) is 5.69 Å². The molecule has 0 aromatic heterocycles. The van der Waals surface area contributed by atoms with Crippen molar-refractivity contribution in [3.8, 4) is 5.75 Å². The maximum absolute atomic E-state index is 12.9. The van der Waals surface area contributed by atoms with Gasteiger partial charge in [0.05, 0.1) is 23.0 Å². The van der Waals surface area contributed by atoms with Gasteiger partial charge in [-0.3, -0.25) is 9.59 Å². The van der Waals surface area contributed by atoms with E-state index in [9.17, 15) is 14.4 Å². The zero-order valence-corrected chi connectivity index (χ0v) is 22.3. The molecule has 0 saturated heterocycles. The minimum absolute atomic E-state index is 0.242. The molecule has 0 aliphatic heterocycles. The molecule has 0 radical (unpaired) electrons. The summed E-state index contributed by atoms with van der Waals surface area (Å²) in [4.78, 5) is 38.2. The summed E-state index contributed by atoms with van der Waals surface area (Å²) in [6, 6.07) is 26.0. The standard InChI is InChI=1S/C30H24BrN3O4/c1-19-7-5-9-21(15-19)28(35)33-26-12-4-3-11-25(26)29(36)34-32-18-23-17-24(31)13-14-27(23)38-30(37)22-10-6-8-20(2)16-22/h3-18H,1-2H3,(H,33,35)(H,34,36)/b32-18-. The normalized spacial score (nSPS) is 10.7. The number of nitrogens with one attached hydrogen (secondary N) is 2. The van der Waals surface area contributed by atoms with Crippen LogP contribution in [0.25, 0.3) is 0 Å². The van der Waals surface area contributed by atoms with Crippen molar-refractivity contribution in [2.24, 2.45) is 5.10 Å². The number of hydrazone groups is 1. The van der Waals surface area contributed by atoms with Gasteiger partial charge in [-0.2, -0.15) is 5.10 Å². The average molecular weight is 570 g/mol. The van der Waals surface area contributed by atoms with E-state index in [-0.39, 0.29) is 17.2 Å². The first-order chi connectivity index (χ1) is 18.3. The van der Waals surface area contributed by atoms with Gasteiger partial charge in [-0.1, -0.05) is 63.5 Å². The molecular formula is C30H24BrN3O4. The Balaban J connectivity index is 1.48. The molecule has 0 fully saturated rings. The minimum Gasteiger partial charge on any atom is -0.422 e. The van der Waals surface area contributed by atoms with Crippen molar-refractivity contribution in [3.05, 3.63) is 129 Å². The number of anilines is 1. The molecule has 7 nitrogen and oxygen atoms in total. The Hall–Kier alpha value is -4.56. The third kappa shape index (κ3) is 6.80. The number of benzene rings is 4. The van der Waals surface area contributed by atoms with Gasteiger partial charge in [0.2, 0.25) is 0 Å². The van der Waals surface area contributed by atoms with Crippen molar-refractivity contribution in [1.82, 2.24) is 5.43 Å². The molecule has 0 aliphatic carbocycles. The maximum Gasteiger partial charge on any atom is 0.343 e. The van der Waals surface area contributed by atoms with Crippen LogP contribution in [0.5, 0.6) is 5.75 Å². The van der Waals surface area contributed by atoms with E-state index < -0.39 is 11.9 Å². The van der Waals surface area contributed by atoms with E-state index in [0.717, 1.165) is 15.6 Å². The lowest BCUT2D eigenvalue weighted by Crippen LogP contribution is -2.21. The predicted molar refractivity (Wildman–Crippen MR) is 151 cm³/mol. The number of carbonyl (C=O) groups is 3. The molecule has 0 aliphatic rings. The van der Waals surface area contributed by atoms with Crippen LogP contribution in [0.1, 0.15) is 47.8 Å². The fourth-order valence-electron chi connectivity index (χ4n) is 3.64. The van der Waals surface area contributed by atoms with E-state index in [1.807, 2.05) is 26.0 Å². The SMILES string of the molecule is Cc1cccc(C(=O)Nc2ccccc2C(=O)N/N=C\c2cc(Br)ccc2OC(=O)c2cccc(C)c2)c1. The first kappa shape index (κ1) is 26.5. The number of carbonyl (C=O) groups excluding carboxylic acids is 3. The zero-order valence-electron chi connectivity index (χ0n) is 20.7. The maximum atomic E-state index is 12.9. The Morgan fingerprint density at radius 2 is 1.47 bits per heavy atom. The van der Waals surface area contributed by atoms with Gasteiger partial charge >= 0.3 is 5.97 Å². The van der Waals surface area contributed by atoms with E-state index in [2.05, 4.69) is 31.8 Å². The first-order valence-electron chi connectivity index (χ1n) is 11.7. The number of para-hydroxylation sites is 1. The molecule has 38 heavy (non-hydrogen) atoms. The topological polar surface area (TPSA) is 96.9 Å². The lowest BCUT2D eigenvalue weighted by molar-refractivity contribution is 0.0733. The number of aryl methyl sites for hydroxylation is 2. The number of amides is 2. The summed E-state index contributed by atoms with van der Waals surface area (Å²) in [5.74, 6) is -1.07. The van der Waals surface area contributed by atoms with Crippen LogP contribution in [-0.4, -0.2) is 24.0 Å². The summed E-state index contributed by atoms with van der Waals surface area (Å²) >= 11 is 3.40. The molecular weight excluding hydrogens is 546 g/mol. The van der Waals surface area contributed by atoms with Crippen molar-refractivity contribution in [2.45, 2.75) is 13.8 Å². The monoisotopic (exact) mass is 569 g/mol. The molecule has 2 amide bonds. The quantitative estimate of drug-likeness (QED) is 0.118. The summed E-state index contributed by atoms with van der Waals surface area (Å²) in [5, 5.41) is 6.84. The van der Waals surface area contributed by atoms with Crippen LogP contribution in [0.2, 0.25) is 0 Å². The molecule has 4 aromatic rings. The highest BCUT2D eigenvalue weighted by Gasteiger charge is 2.15. The van der Waals surface area contributed by atoms with Gasteiger partial charge in [0.25, 0.3) is 11.8 Å². The molecule has 2 N–H and O–H groups in total. The molecule has 4 rings (SSSR count). The van der Waals surface area contributed by atoms with Crippen LogP contribution >= 0.6 is 15.9 Å². The number of halogens is 1. The lowest BCUT2D eigenvalue weighted by Gasteiger charge is -2.11. The van der Waals surface area contributed by atoms with Crippen LogP contribution in [0, 0.1) is 13.8 Å². The zero-order chi connectivity index (χ0) is 27.1. The summed E-state index contributed by atoms with van der Waals surface area (Å²) in [5.41, 5.74) is 6.34. The number of rotatable bonds is 7. The summed E-state index contributed by atoms with van der Waals surface area (Å²) in [6.07, 6.45) is 1.38.